The van der Waals surface area contributed by atoms with Gasteiger partial charge >= 0.3 is 0 Å². The molecular formula is C17H29NO2. The average molecular weight is 279 g/mol. The molecule has 0 aromatic carbocycles. The van der Waals surface area contributed by atoms with Gasteiger partial charge < -0.3 is 14.5 Å². The molecule has 2 unspecified atom stereocenters. The zero-order valence-corrected chi connectivity index (χ0v) is 13.2. The Labute approximate surface area is 123 Å². The smallest absolute Gasteiger partial charge is 0.130 e. The van der Waals surface area contributed by atoms with Gasteiger partial charge in [-0.1, -0.05) is 33.1 Å². The summed E-state index contributed by atoms with van der Waals surface area (Å²) in [5.41, 5.74) is 1.25. The summed E-state index contributed by atoms with van der Waals surface area (Å²) in [6, 6.07) is 2.14. The predicted molar refractivity (Wildman–Crippen MR) is 81.7 cm³/mol. The molecule has 0 amide bonds. The van der Waals surface area contributed by atoms with E-state index in [0.717, 1.165) is 30.5 Å². The van der Waals surface area contributed by atoms with Crippen molar-refractivity contribution < 1.29 is 9.15 Å². The highest BCUT2D eigenvalue weighted by molar-refractivity contribution is 5.20. The SMILES string of the molecule is CCNCc1cc(COC2CCCCC2CC)oc1C. The number of furan rings is 1. The third kappa shape index (κ3) is 4.10. The van der Waals surface area contributed by atoms with Crippen molar-refractivity contribution in [1.82, 2.24) is 5.32 Å². The molecule has 1 heterocycles. The zero-order valence-electron chi connectivity index (χ0n) is 13.2. The molecule has 0 radical (unpaired) electrons. The number of rotatable bonds is 7. The van der Waals surface area contributed by atoms with Crippen LogP contribution < -0.4 is 5.32 Å². The minimum absolute atomic E-state index is 0.427. The molecule has 1 aromatic heterocycles. The average Bonchev–Trinajstić information content (AvgIpc) is 2.83. The molecule has 20 heavy (non-hydrogen) atoms. The van der Waals surface area contributed by atoms with Crippen LogP contribution in [0.4, 0.5) is 0 Å². The molecule has 1 aromatic rings. The van der Waals surface area contributed by atoms with Gasteiger partial charge in [-0.3, -0.25) is 0 Å². The number of hydrogen-bond acceptors (Lipinski definition) is 3. The maximum absolute atomic E-state index is 6.13. The lowest BCUT2D eigenvalue weighted by molar-refractivity contribution is -0.0285. The molecule has 0 spiro atoms. The van der Waals surface area contributed by atoms with E-state index in [-0.39, 0.29) is 0 Å². The Morgan fingerprint density at radius 1 is 1.30 bits per heavy atom. The second-order valence-corrected chi connectivity index (χ2v) is 5.88. The van der Waals surface area contributed by atoms with Crippen molar-refractivity contribution >= 4 is 0 Å². The van der Waals surface area contributed by atoms with Crippen LogP contribution in [0, 0.1) is 12.8 Å². The van der Waals surface area contributed by atoms with Crippen molar-refractivity contribution in [3.63, 3.8) is 0 Å². The van der Waals surface area contributed by atoms with Crippen molar-refractivity contribution in [2.75, 3.05) is 6.54 Å². The first-order valence-electron chi connectivity index (χ1n) is 8.15. The maximum Gasteiger partial charge on any atom is 0.130 e. The number of nitrogens with one attached hydrogen (secondary N) is 1. The molecule has 1 fully saturated rings. The first-order chi connectivity index (χ1) is 9.74. The van der Waals surface area contributed by atoms with Crippen molar-refractivity contribution in [3.05, 3.63) is 23.2 Å². The van der Waals surface area contributed by atoms with Gasteiger partial charge in [-0.2, -0.15) is 0 Å². The quantitative estimate of drug-likeness (QED) is 0.813. The molecule has 1 aliphatic carbocycles. The van der Waals surface area contributed by atoms with Crippen molar-refractivity contribution in [1.29, 1.82) is 0 Å². The van der Waals surface area contributed by atoms with Crippen molar-refractivity contribution in [3.8, 4) is 0 Å². The first-order valence-corrected chi connectivity index (χ1v) is 8.15. The summed E-state index contributed by atoms with van der Waals surface area (Å²) in [7, 11) is 0. The minimum atomic E-state index is 0.427. The normalized spacial score (nSPS) is 23.1. The van der Waals surface area contributed by atoms with Crippen LogP contribution in [0.2, 0.25) is 0 Å². The van der Waals surface area contributed by atoms with E-state index in [4.69, 9.17) is 9.15 Å². The fourth-order valence-electron chi connectivity index (χ4n) is 3.14. The highest BCUT2D eigenvalue weighted by atomic mass is 16.5. The molecule has 2 rings (SSSR count). The van der Waals surface area contributed by atoms with Crippen molar-refractivity contribution in [2.24, 2.45) is 5.92 Å². The van der Waals surface area contributed by atoms with Gasteiger partial charge in [0.1, 0.15) is 18.1 Å². The van der Waals surface area contributed by atoms with Gasteiger partial charge in [-0.25, -0.2) is 0 Å². The molecular weight excluding hydrogens is 250 g/mol. The van der Waals surface area contributed by atoms with Crippen LogP contribution in [0.15, 0.2) is 10.5 Å². The molecule has 0 saturated heterocycles. The predicted octanol–water partition coefficient (Wildman–Crippen LogP) is 4.18. The van der Waals surface area contributed by atoms with E-state index in [2.05, 4.69) is 25.2 Å². The highest BCUT2D eigenvalue weighted by Crippen LogP contribution is 2.30. The van der Waals surface area contributed by atoms with Crippen LogP contribution in [0.25, 0.3) is 0 Å². The van der Waals surface area contributed by atoms with Gasteiger partial charge in [-0.05, 0) is 38.3 Å². The van der Waals surface area contributed by atoms with Gasteiger partial charge in [0, 0.05) is 12.1 Å². The monoisotopic (exact) mass is 279 g/mol. The molecule has 3 nitrogen and oxygen atoms in total. The van der Waals surface area contributed by atoms with Gasteiger partial charge in [0.05, 0.1) is 6.10 Å². The number of aryl methyl sites for hydroxylation is 1. The summed E-state index contributed by atoms with van der Waals surface area (Å²) in [4.78, 5) is 0. The lowest BCUT2D eigenvalue weighted by atomic mass is 9.85. The summed E-state index contributed by atoms with van der Waals surface area (Å²) in [5.74, 6) is 2.72. The Balaban J connectivity index is 1.86. The summed E-state index contributed by atoms with van der Waals surface area (Å²) in [5, 5.41) is 3.34. The summed E-state index contributed by atoms with van der Waals surface area (Å²) in [6.45, 7) is 8.91. The highest BCUT2D eigenvalue weighted by Gasteiger charge is 2.24. The van der Waals surface area contributed by atoms with Crippen LogP contribution in [-0.4, -0.2) is 12.6 Å². The summed E-state index contributed by atoms with van der Waals surface area (Å²) in [6.07, 6.45) is 6.87. The van der Waals surface area contributed by atoms with Gasteiger partial charge in [0.2, 0.25) is 0 Å². The Kier molecular flexibility index (Phi) is 6.11. The van der Waals surface area contributed by atoms with E-state index in [0.29, 0.717) is 12.7 Å². The second kappa shape index (κ2) is 7.84. The standard InChI is InChI=1S/C17H29NO2/c1-4-14-8-6-7-9-17(14)19-12-16-10-15(11-18-5-2)13(3)20-16/h10,14,17-18H,4-9,11-12H2,1-3H3. The molecule has 1 N–H and O–H groups in total. The van der Waals surface area contributed by atoms with E-state index < -0.39 is 0 Å². The molecule has 114 valence electrons. The van der Waals surface area contributed by atoms with Gasteiger partial charge in [0.15, 0.2) is 0 Å². The molecule has 1 aliphatic rings. The molecule has 0 aliphatic heterocycles. The van der Waals surface area contributed by atoms with Crippen LogP contribution >= 0.6 is 0 Å². The van der Waals surface area contributed by atoms with E-state index >= 15 is 0 Å². The maximum atomic E-state index is 6.13. The fourth-order valence-corrected chi connectivity index (χ4v) is 3.14. The van der Waals surface area contributed by atoms with E-state index in [9.17, 15) is 0 Å². The summed E-state index contributed by atoms with van der Waals surface area (Å²) >= 11 is 0. The topological polar surface area (TPSA) is 34.4 Å². The van der Waals surface area contributed by atoms with Crippen LogP contribution in [-0.2, 0) is 17.9 Å². The molecule has 0 bridgehead atoms. The van der Waals surface area contributed by atoms with Crippen LogP contribution in [0.3, 0.4) is 0 Å². The molecule has 2 atom stereocenters. The lowest BCUT2D eigenvalue weighted by Crippen LogP contribution is -2.27. The third-order valence-electron chi connectivity index (χ3n) is 4.44. The zero-order chi connectivity index (χ0) is 14.4. The Hall–Kier alpha value is -0.800. The van der Waals surface area contributed by atoms with E-state index in [1.54, 1.807) is 0 Å². The summed E-state index contributed by atoms with van der Waals surface area (Å²) < 4.78 is 11.9. The number of hydrogen-bond donors (Lipinski definition) is 1. The van der Waals surface area contributed by atoms with Gasteiger partial charge in [0.25, 0.3) is 0 Å². The largest absolute Gasteiger partial charge is 0.464 e. The third-order valence-corrected chi connectivity index (χ3v) is 4.44. The van der Waals surface area contributed by atoms with E-state index in [1.807, 2.05) is 6.92 Å². The molecule has 3 heteroatoms. The van der Waals surface area contributed by atoms with Crippen molar-refractivity contribution in [2.45, 2.75) is 72.1 Å². The Bertz CT molecular complexity index is 400. The number of ether oxygens (including phenoxy) is 1. The van der Waals surface area contributed by atoms with Crippen LogP contribution in [0.5, 0.6) is 0 Å². The second-order valence-electron chi connectivity index (χ2n) is 5.88. The minimum Gasteiger partial charge on any atom is -0.464 e. The first kappa shape index (κ1) is 15.6. The Morgan fingerprint density at radius 3 is 2.85 bits per heavy atom. The Morgan fingerprint density at radius 2 is 2.10 bits per heavy atom. The fraction of sp³-hybridized carbons (Fsp3) is 0.765. The van der Waals surface area contributed by atoms with Gasteiger partial charge in [-0.15, -0.1) is 0 Å². The van der Waals surface area contributed by atoms with Crippen LogP contribution in [0.1, 0.15) is 63.0 Å². The lowest BCUT2D eigenvalue weighted by Gasteiger charge is -2.30. The molecule has 1 saturated carbocycles. The van der Waals surface area contributed by atoms with E-state index in [1.165, 1.54) is 37.7 Å².